The molecule has 3 rings (SSSR count). The van der Waals surface area contributed by atoms with Gasteiger partial charge < -0.3 is 15.5 Å². The standard InChI is InChI=1S/C17H28N4O3/c1-12(2)14(22)20-9-5-17(6-10-20)15(23)21(16(24)19-17)11-13-3-7-18-8-4-13/h12-13,18H,3-11H2,1-2H3,(H,19,24). The molecule has 3 saturated heterocycles. The van der Waals surface area contributed by atoms with Crippen molar-refractivity contribution in [3.05, 3.63) is 0 Å². The first-order chi connectivity index (χ1) is 11.4. The second kappa shape index (κ2) is 6.70. The molecule has 0 aliphatic carbocycles. The highest BCUT2D eigenvalue weighted by atomic mass is 16.2. The summed E-state index contributed by atoms with van der Waals surface area (Å²) in [5.41, 5.74) is -0.794. The lowest BCUT2D eigenvalue weighted by atomic mass is 9.86. The van der Waals surface area contributed by atoms with E-state index in [9.17, 15) is 14.4 Å². The third kappa shape index (κ3) is 3.14. The minimum absolute atomic E-state index is 0.0377. The second-order valence-electron chi connectivity index (χ2n) is 7.60. The Balaban J connectivity index is 1.62. The zero-order chi connectivity index (χ0) is 17.3. The maximum atomic E-state index is 12.9. The molecule has 0 bridgehead atoms. The molecule has 2 N–H and O–H groups in total. The van der Waals surface area contributed by atoms with Gasteiger partial charge in [-0.1, -0.05) is 13.8 Å². The number of rotatable bonds is 3. The van der Waals surface area contributed by atoms with Gasteiger partial charge in [0.15, 0.2) is 0 Å². The number of piperidine rings is 2. The van der Waals surface area contributed by atoms with Crippen molar-refractivity contribution in [1.29, 1.82) is 0 Å². The Hall–Kier alpha value is -1.63. The second-order valence-corrected chi connectivity index (χ2v) is 7.60. The number of carbonyl (C=O) groups is 3. The summed E-state index contributed by atoms with van der Waals surface area (Å²) in [6.07, 6.45) is 3.03. The van der Waals surface area contributed by atoms with E-state index < -0.39 is 5.54 Å². The summed E-state index contributed by atoms with van der Waals surface area (Å²) in [7, 11) is 0. The third-order valence-electron chi connectivity index (χ3n) is 5.57. The lowest BCUT2D eigenvalue weighted by Crippen LogP contribution is -2.56. The van der Waals surface area contributed by atoms with Crippen LogP contribution >= 0.6 is 0 Å². The highest BCUT2D eigenvalue weighted by Gasteiger charge is 2.52. The monoisotopic (exact) mass is 336 g/mol. The van der Waals surface area contributed by atoms with E-state index >= 15 is 0 Å². The molecule has 0 aromatic heterocycles. The highest BCUT2D eigenvalue weighted by Crippen LogP contribution is 2.31. The molecule has 3 aliphatic heterocycles. The largest absolute Gasteiger partial charge is 0.342 e. The van der Waals surface area contributed by atoms with E-state index in [-0.39, 0.29) is 23.8 Å². The first-order valence-electron chi connectivity index (χ1n) is 9.06. The van der Waals surface area contributed by atoms with E-state index in [0.29, 0.717) is 38.4 Å². The van der Waals surface area contributed by atoms with Crippen molar-refractivity contribution in [2.75, 3.05) is 32.7 Å². The normalized spacial score (nSPS) is 24.8. The van der Waals surface area contributed by atoms with Crippen LogP contribution in [0.1, 0.15) is 39.5 Å². The molecule has 4 amide bonds. The molecule has 0 unspecified atom stereocenters. The van der Waals surface area contributed by atoms with Gasteiger partial charge in [0.05, 0.1) is 0 Å². The molecule has 0 aromatic carbocycles. The van der Waals surface area contributed by atoms with Gasteiger partial charge in [0.2, 0.25) is 5.91 Å². The average Bonchev–Trinajstić information content (AvgIpc) is 2.80. The van der Waals surface area contributed by atoms with E-state index in [4.69, 9.17) is 0 Å². The van der Waals surface area contributed by atoms with Crippen LogP contribution in [0, 0.1) is 11.8 Å². The molecular formula is C17H28N4O3. The molecule has 0 radical (unpaired) electrons. The zero-order valence-electron chi connectivity index (χ0n) is 14.6. The summed E-state index contributed by atoms with van der Waals surface area (Å²) in [5, 5.41) is 6.23. The van der Waals surface area contributed by atoms with Crippen molar-refractivity contribution in [2.45, 2.75) is 45.1 Å². The van der Waals surface area contributed by atoms with Crippen LogP contribution in [0.5, 0.6) is 0 Å². The van der Waals surface area contributed by atoms with Crippen molar-refractivity contribution >= 4 is 17.8 Å². The number of urea groups is 1. The lowest BCUT2D eigenvalue weighted by Gasteiger charge is -2.38. The summed E-state index contributed by atoms with van der Waals surface area (Å²) in [6.45, 7) is 7.25. The fraction of sp³-hybridized carbons (Fsp3) is 0.824. The first-order valence-corrected chi connectivity index (χ1v) is 9.06. The van der Waals surface area contributed by atoms with Crippen LogP contribution < -0.4 is 10.6 Å². The summed E-state index contributed by atoms with van der Waals surface area (Å²) < 4.78 is 0. The van der Waals surface area contributed by atoms with Crippen LogP contribution in [-0.2, 0) is 9.59 Å². The maximum Gasteiger partial charge on any atom is 0.325 e. The number of hydrogen-bond acceptors (Lipinski definition) is 4. The fourth-order valence-corrected chi connectivity index (χ4v) is 3.98. The average molecular weight is 336 g/mol. The predicted molar refractivity (Wildman–Crippen MR) is 89.2 cm³/mol. The molecule has 7 heteroatoms. The quantitative estimate of drug-likeness (QED) is 0.738. The molecule has 7 nitrogen and oxygen atoms in total. The van der Waals surface area contributed by atoms with Gasteiger partial charge >= 0.3 is 6.03 Å². The van der Waals surface area contributed by atoms with Crippen molar-refractivity contribution in [3.63, 3.8) is 0 Å². The lowest BCUT2D eigenvalue weighted by molar-refractivity contribution is -0.140. The molecule has 0 saturated carbocycles. The predicted octanol–water partition coefficient (Wildman–Crippen LogP) is 0.555. The van der Waals surface area contributed by atoms with Crippen LogP contribution in [0.4, 0.5) is 4.79 Å². The number of amides is 4. The molecule has 3 heterocycles. The van der Waals surface area contributed by atoms with Crippen molar-refractivity contribution in [3.8, 4) is 0 Å². The van der Waals surface area contributed by atoms with E-state index in [1.54, 1.807) is 0 Å². The number of nitrogens with one attached hydrogen (secondary N) is 2. The summed E-state index contributed by atoms with van der Waals surface area (Å²) in [5.74, 6) is 0.374. The van der Waals surface area contributed by atoms with Crippen molar-refractivity contribution in [1.82, 2.24) is 20.4 Å². The van der Waals surface area contributed by atoms with Gasteiger partial charge in [0, 0.05) is 25.6 Å². The van der Waals surface area contributed by atoms with Gasteiger partial charge in [-0.15, -0.1) is 0 Å². The molecule has 3 aliphatic rings. The minimum Gasteiger partial charge on any atom is -0.342 e. The van der Waals surface area contributed by atoms with E-state index in [1.807, 2.05) is 18.7 Å². The van der Waals surface area contributed by atoms with E-state index in [1.165, 1.54) is 4.90 Å². The van der Waals surface area contributed by atoms with Gasteiger partial charge in [-0.2, -0.15) is 0 Å². The van der Waals surface area contributed by atoms with Gasteiger partial charge in [0.1, 0.15) is 5.54 Å². The Morgan fingerprint density at radius 1 is 1.21 bits per heavy atom. The van der Waals surface area contributed by atoms with Crippen LogP contribution in [0.3, 0.4) is 0 Å². The maximum absolute atomic E-state index is 12.9. The topological polar surface area (TPSA) is 81.8 Å². The highest BCUT2D eigenvalue weighted by molar-refractivity contribution is 6.07. The SMILES string of the molecule is CC(C)C(=O)N1CCC2(CC1)NC(=O)N(CC1CCNCC1)C2=O. The number of carbonyl (C=O) groups excluding carboxylic acids is 3. The van der Waals surface area contributed by atoms with Crippen molar-refractivity contribution < 1.29 is 14.4 Å². The zero-order valence-corrected chi connectivity index (χ0v) is 14.6. The Morgan fingerprint density at radius 3 is 2.42 bits per heavy atom. The molecular weight excluding hydrogens is 308 g/mol. The van der Waals surface area contributed by atoms with E-state index in [2.05, 4.69) is 10.6 Å². The smallest absolute Gasteiger partial charge is 0.325 e. The van der Waals surface area contributed by atoms with Gasteiger partial charge in [-0.25, -0.2) is 4.79 Å². The number of nitrogens with zero attached hydrogens (tertiary/aromatic N) is 2. The number of hydrogen-bond donors (Lipinski definition) is 2. The van der Waals surface area contributed by atoms with Gasteiger partial charge in [0.25, 0.3) is 5.91 Å². The molecule has 24 heavy (non-hydrogen) atoms. The number of likely N-dealkylation sites (tertiary alicyclic amines) is 1. The molecule has 0 aromatic rings. The summed E-state index contributed by atoms with van der Waals surface area (Å²) in [4.78, 5) is 40.6. The first kappa shape index (κ1) is 17.2. The van der Waals surface area contributed by atoms with Crippen LogP contribution in [-0.4, -0.2) is 65.9 Å². The molecule has 0 atom stereocenters. The van der Waals surface area contributed by atoms with Crippen LogP contribution in [0.15, 0.2) is 0 Å². The van der Waals surface area contributed by atoms with E-state index in [0.717, 1.165) is 25.9 Å². The molecule has 3 fully saturated rings. The van der Waals surface area contributed by atoms with Crippen LogP contribution in [0.2, 0.25) is 0 Å². The Labute approximate surface area is 143 Å². The van der Waals surface area contributed by atoms with Crippen LogP contribution in [0.25, 0.3) is 0 Å². The fourth-order valence-electron chi connectivity index (χ4n) is 3.98. The Bertz CT molecular complexity index is 520. The number of imide groups is 1. The van der Waals surface area contributed by atoms with Gasteiger partial charge in [-0.3, -0.25) is 14.5 Å². The third-order valence-corrected chi connectivity index (χ3v) is 5.57. The molecule has 1 spiro atoms. The molecule has 134 valence electrons. The van der Waals surface area contributed by atoms with Crippen molar-refractivity contribution in [2.24, 2.45) is 11.8 Å². The Kier molecular flexibility index (Phi) is 4.80. The summed E-state index contributed by atoms with van der Waals surface area (Å²) in [6, 6.07) is -0.262. The minimum atomic E-state index is -0.794. The Morgan fingerprint density at radius 2 is 1.83 bits per heavy atom. The van der Waals surface area contributed by atoms with Gasteiger partial charge in [-0.05, 0) is 44.7 Å². The summed E-state index contributed by atoms with van der Waals surface area (Å²) >= 11 is 0.